The number of aryl methyl sites for hydroxylation is 2. The molecule has 3 aromatic rings. The van der Waals surface area contributed by atoms with Gasteiger partial charge in [0.25, 0.3) is 0 Å². The Morgan fingerprint density at radius 3 is 2.74 bits per heavy atom. The van der Waals surface area contributed by atoms with Gasteiger partial charge in [0.1, 0.15) is 10.6 Å². The van der Waals surface area contributed by atoms with Crippen LogP contribution in [0.3, 0.4) is 0 Å². The minimum Gasteiger partial charge on any atom is -0.369 e. The predicted octanol–water partition coefficient (Wildman–Crippen LogP) is 3.78. The minimum atomic E-state index is -1.18. The quantitative estimate of drug-likeness (QED) is 0.546. The summed E-state index contributed by atoms with van der Waals surface area (Å²) in [6.45, 7) is 2.87. The summed E-state index contributed by atoms with van der Waals surface area (Å²) in [7, 11) is -1.18. The van der Waals surface area contributed by atoms with E-state index in [1.807, 2.05) is 13.0 Å². The number of nitrogens with zero attached hydrogens (tertiary/aromatic N) is 2. The first-order valence-electron chi connectivity index (χ1n) is 7.53. The van der Waals surface area contributed by atoms with E-state index in [4.69, 9.17) is 0 Å². The van der Waals surface area contributed by atoms with Crippen LogP contribution < -0.4 is 5.32 Å². The molecule has 0 saturated carbocycles. The molecule has 6 heteroatoms. The Morgan fingerprint density at radius 1 is 1.22 bits per heavy atom. The van der Waals surface area contributed by atoms with Crippen molar-refractivity contribution < 1.29 is 4.21 Å². The van der Waals surface area contributed by atoms with Crippen molar-refractivity contribution in [3.63, 3.8) is 0 Å². The highest BCUT2D eigenvalue weighted by molar-refractivity contribution is 7.84. The number of hydrogen-bond donors (Lipinski definition) is 1. The Morgan fingerprint density at radius 2 is 2.00 bits per heavy atom. The molecule has 23 heavy (non-hydrogen) atoms. The van der Waals surface area contributed by atoms with Gasteiger partial charge in [-0.05, 0) is 31.4 Å². The zero-order chi connectivity index (χ0) is 16.2. The molecule has 1 aromatic carbocycles. The molecule has 0 fully saturated rings. The molecule has 0 aliphatic rings. The van der Waals surface area contributed by atoms with Crippen LogP contribution in [0.25, 0.3) is 10.2 Å². The number of anilines is 1. The average Bonchev–Trinajstić information content (AvgIpc) is 2.92. The minimum absolute atomic E-state index is 0.393. The molecule has 4 nitrogen and oxygen atoms in total. The van der Waals surface area contributed by atoms with Crippen LogP contribution in [0.1, 0.15) is 16.9 Å². The van der Waals surface area contributed by atoms with Crippen LogP contribution in [0.5, 0.6) is 0 Å². The number of benzene rings is 1. The zero-order valence-electron chi connectivity index (χ0n) is 13.2. The molecule has 2 aromatic heterocycles. The van der Waals surface area contributed by atoms with E-state index in [9.17, 15) is 4.21 Å². The summed E-state index contributed by atoms with van der Waals surface area (Å²) in [5.41, 5.74) is 1.34. The van der Waals surface area contributed by atoms with Gasteiger partial charge in [0.2, 0.25) is 5.16 Å². The van der Waals surface area contributed by atoms with Crippen LogP contribution in [0.15, 0.2) is 41.6 Å². The van der Waals surface area contributed by atoms with Crippen molar-refractivity contribution in [3.05, 3.63) is 46.8 Å². The van der Waals surface area contributed by atoms with Gasteiger partial charge < -0.3 is 5.32 Å². The maximum atomic E-state index is 11.7. The second-order valence-corrected chi connectivity index (χ2v) is 7.91. The number of hydrogen-bond acceptors (Lipinski definition) is 5. The third-order valence-corrected chi connectivity index (χ3v) is 5.17. The van der Waals surface area contributed by atoms with Crippen molar-refractivity contribution >= 4 is 38.2 Å². The first kappa shape index (κ1) is 16.1. The van der Waals surface area contributed by atoms with Gasteiger partial charge in [0, 0.05) is 17.7 Å². The highest BCUT2D eigenvalue weighted by atomic mass is 32.2. The number of thiophene rings is 1. The number of rotatable bonds is 6. The SMILES string of the molecule is Cc1cc2c(NCCCc3ccccc3)nc(S(C)=O)nc2s1. The molecule has 0 radical (unpaired) electrons. The van der Waals surface area contributed by atoms with Crippen molar-refractivity contribution in [1.29, 1.82) is 0 Å². The molecular weight excluding hydrogens is 326 g/mol. The molecule has 1 atom stereocenters. The summed E-state index contributed by atoms with van der Waals surface area (Å²) in [6, 6.07) is 12.5. The average molecular weight is 345 g/mol. The first-order chi connectivity index (χ1) is 11.1. The summed E-state index contributed by atoms with van der Waals surface area (Å²) >= 11 is 1.61. The standard InChI is InChI=1S/C17H19N3OS2/c1-12-11-14-15(19-17(23(2)21)20-16(14)22-12)18-10-6-9-13-7-4-3-5-8-13/h3-5,7-8,11H,6,9-10H2,1-2H3,(H,18,19,20). The summed E-state index contributed by atoms with van der Waals surface area (Å²) in [5, 5.41) is 4.80. The van der Waals surface area contributed by atoms with E-state index in [0.717, 1.165) is 35.4 Å². The normalized spacial score (nSPS) is 12.4. The van der Waals surface area contributed by atoms with Crippen molar-refractivity contribution in [3.8, 4) is 0 Å². The lowest BCUT2D eigenvalue weighted by molar-refractivity contribution is 0.680. The van der Waals surface area contributed by atoms with E-state index in [0.29, 0.717) is 5.16 Å². The maximum Gasteiger partial charge on any atom is 0.221 e. The van der Waals surface area contributed by atoms with Crippen molar-refractivity contribution in [2.24, 2.45) is 0 Å². The third kappa shape index (κ3) is 3.95. The predicted molar refractivity (Wildman–Crippen MR) is 97.7 cm³/mol. The molecule has 1 N–H and O–H groups in total. The molecule has 2 heterocycles. The third-order valence-electron chi connectivity index (χ3n) is 3.53. The van der Waals surface area contributed by atoms with Crippen LogP contribution in [-0.4, -0.2) is 27.0 Å². The van der Waals surface area contributed by atoms with Gasteiger partial charge in [0.15, 0.2) is 0 Å². The van der Waals surface area contributed by atoms with Crippen LogP contribution in [-0.2, 0) is 17.2 Å². The molecule has 3 rings (SSSR count). The molecule has 0 aliphatic heterocycles. The first-order valence-corrected chi connectivity index (χ1v) is 9.90. The largest absolute Gasteiger partial charge is 0.369 e. The molecule has 0 aliphatic carbocycles. The summed E-state index contributed by atoms with van der Waals surface area (Å²) in [5.74, 6) is 0.789. The van der Waals surface area contributed by atoms with Crippen LogP contribution in [0.4, 0.5) is 5.82 Å². The second kappa shape index (κ2) is 7.19. The molecule has 0 spiro atoms. The summed E-state index contributed by atoms with van der Waals surface area (Å²) in [4.78, 5) is 10.9. The Labute approximate surface area is 142 Å². The molecule has 0 saturated heterocycles. The van der Waals surface area contributed by atoms with Crippen LogP contribution >= 0.6 is 11.3 Å². The zero-order valence-corrected chi connectivity index (χ0v) is 14.8. The smallest absolute Gasteiger partial charge is 0.221 e. The topological polar surface area (TPSA) is 54.9 Å². The Bertz CT molecular complexity index is 830. The Kier molecular flexibility index (Phi) is 5.03. The highest BCUT2D eigenvalue weighted by Crippen LogP contribution is 2.29. The van der Waals surface area contributed by atoms with E-state index in [1.165, 1.54) is 10.4 Å². The van der Waals surface area contributed by atoms with Gasteiger partial charge in [-0.2, -0.15) is 0 Å². The van der Waals surface area contributed by atoms with Crippen molar-refractivity contribution in [2.75, 3.05) is 18.1 Å². The van der Waals surface area contributed by atoms with Gasteiger partial charge in [-0.25, -0.2) is 9.97 Å². The monoisotopic (exact) mass is 345 g/mol. The van der Waals surface area contributed by atoms with Crippen molar-refractivity contribution in [1.82, 2.24) is 9.97 Å². The van der Waals surface area contributed by atoms with Gasteiger partial charge in [0.05, 0.1) is 16.2 Å². The van der Waals surface area contributed by atoms with Gasteiger partial charge >= 0.3 is 0 Å². The van der Waals surface area contributed by atoms with Gasteiger partial charge in [-0.15, -0.1) is 11.3 Å². The molecule has 0 bridgehead atoms. The fourth-order valence-electron chi connectivity index (χ4n) is 2.43. The summed E-state index contributed by atoms with van der Waals surface area (Å²) in [6.07, 6.45) is 3.65. The molecule has 120 valence electrons. The lowest BCUT2D eigenvalue weighted by Gasteiger charge is -2.08. The van der Waals surface area contributed by atoms with E-state index >= 15 is 0 Å². The number of aromatic nitrogens is 2. The highest BCUT2D eigenvalue weighted by Gasteiger charge is 2.12. The maximum absolute atomic E-state index is 11.7. The second-order valence-electron chi connectivity index (χ2n) is 5.40. The van der Waals surface area contributed by atoms with Crippen LogP contribution in [0, 0.1) is 6.92 Å². The Balaban J connectivity index is 1.72. The fraction of sp³-hybridized carbons (Fsp3) is 0.294. The molecule has 0 amide bonds. The van der Waals surface area contributed by atoms with Crippen LogP contribution in [0.2, 0.25) is 0 Å². The summed E-state index contributed by atoms with van der Waals surface area (Å²) < 4.78 is 11.7. The lowest BCUT2D eigenvalue weighted by atomic mass is 10.1. The van der Waals surface area contributed by atoms with Gasteiger partial charge in [-0.3, -0.25) is 4.21 Å². The van der Waals surface area contributed by atoms with E-state index in [-0.39, 0.29) is 0 Å². The Hall–Kier alpha value is -1.79. The lowest BCUT2D eigenvalue weighted by Crippen LogP contribution is -2.07. The molecule has 1 unspecified atom stereocenters. The van der Waals surface area contributed by atoms with E-state index in [1.54, 1.807) is 17.6 Å². The van der Waals surface area contributed by atoms with E-state index in [2.05, 4.69) is 45.6 Å². The van der Waals surface area contributed by atoms with E-state index < -0.39 is 10.8 Å². The number of nitrogens with one attached hydrogen (secondary N) is 1. The van der Waals surface area contributed by atoms with Gasteiger partial charge in [-0.1, -0.05) is 30.3 Å². The number of fused-ring (bicyclic) bond motifs is 1. The fourth-order valence-corrected chi connectivity index (χ4v) is 3.81. The molecular formula is C17H19N3OS2. The van der Waals surface area contributed by atoms with Crippen molar-refractivity contribution in [2.45, 2.75) is 24.9 Å².